The molecule has 2 heterocycles. The number of hydrogen-bond donors (Lipinski definition) is 0. The number of nitrogens with zero attached hydrogens (tertiary/aromatic N) is 2. The first-order valence-corrected chi connectivity index (χ1v) is 7.70. The quantitative estimate of drug-likeness (QED) is 0.811. The molecular formula is C17H18N2O4. The zero-order chi connectivity index (χ0) is 16.4. The Kier molecular flexibility index (Phi) is 4.14. The van der Waals surface area contributed by atoms with Gasteiger partial charge in [0, 0.05) is 12.1 Å². The molecule has 6 nitrogen and oxygen atoms in total. The smallest absolute Gasteiger partial charge is 0.359 e. The average Bonchev–Trinajstić information content (AvgIpc) is 2.95. The Morgan fingerprint density at radius 2 is 1.83 bits per heavy atom. The molecule has 23 heavy (non-hydrogen) atoms. The lowest BCUT2D eigenvalue weighted by Gasteiger charge is -2.19. The molecule has 6 heteroatoms. The molecular weight excluding hydrogens is 296 g/mol. The molecule has 120 valence electrons. The van der Waals surface area contributed by atoms with E-state index in [4.69, 9.17) is 9.47 Å². The van der Waals surface area contributed by atoms with Crippen LogP contribution in [0.5, 0.6) is 0 Å². The van der Waals surface area contributed by atoms with Crippen LogP contribution in [0.25, 0.3) is 11.4 Å². The van der Waals surface area contributed by atoms with Crippen molar-refractivity contribution in [3.8, 4) is 11.4 Å². The van der Waals surface area contributed by atoms with Crippen molar-refractivity contribution in [1.29, 1.82) is 0 Å². The number of benzene rings is 1. The second-order valence-corrected chi connectivity index (χ2v) is 5.13. The highest BCUT2D eigenvalue weighted by molar-refractivity contribution is 6.02. The predicted octanol–water partition coefficient (Wildman–Crippen LogP) is 2.46. The average molecular weight is 314 g/mol. The molecule has 3 rings (SSSR count). The van der Waals surface area contributed by atoms with Crippen molar-refractivity contribution in [3.63, 3.8) is 0 Å². The number of imidazole rings is 1. The second-order valence-electron chi connectivity index (χ2n) is 5.13. The van der Waals surface area contributed by atoms with Gasteiger partial charge in [-0.2, -0.15) is 0 Å². The van der Waals surface area contributed by atoms with Crippen molar-refractivity contribution in [2.24, 2.45) is 0 Å². The van der Waals surface area contributed by atoms with Crippen LogP contribution in [-0.2, 0) is 22.4 Å². The van der Waals surface area contributed by atoms with Crippen LogP contribution in [-0.4, -0.2) is 34.7 Å². The summed E-state index contributed by atoms with van der Waals surface area (Å²) in [7, 11) is 0. The van der Waals surface area contributed by atoms with Crippen LogP contribution < -0.4 is 0 Å². The summed E-state index contributed by atoms with van der Waals surface area (Å²) in [5.74, 6) is -0.540. The molecule has 0 N–H and O–H groups in total. The molecule has 0 aliphatic carbocycles. The van der Waals surface area contributed by atoms with Crippen LogP contribution in [0.1, 0.15) is 40.4 Å². The fourth-order valence-corrected chi connectivity index (χ4v) is 2.81. The van der Waals surface area contributed by atoms with Gasteiger partial charge >= 0.3 is 11.9 Å². The number of aromatic nitrogens is 2. The molecule has 0 amide bonds. The summed E-state index contributed by atoms with van der Waals surface area (Å²) < 4.78 is 11.9. The van der Waals surface area contributed by atoms with Gasteiger partial charge in [0.25, 0.3) is 0 Å². The minimum Gasteiger partial charge on any atom is -0.461 e. The minimum absolute atomic E-state index is 0.0250. The van der Waals surface area contributed by atoms with Crippen molar-refractivity contribution in [3.05, 3.63) is 41.2 Å². The summed E-state index contributed by atoms with van der Waals surface area (Å²) in [4.78, 5) is 28.9. The van der Waals surface area contributed by atoms with Crippen LogP contribution >= 0.6 is 0 Å². The van der Waals surface area contributed by atoms with Gasteiger partial charge in [0.15, 0.2) is 11.4 Å². The fourth-order valence-electron chi connectivity index (χ4n) is 2.81. The van der Waals surface area contributed by atoms with Gasteiger partial charge in [-0.05, 0) is 25.8 Å². The lowest BCUT2D eigenvalue weighted by atomic mass is 10.0. The van der Waals surface area contributed by atoms with E-state index in [2.05, 4.69) is 4.98 Å². The topological polar surface area (TPSA) is 70.4 Å². The summed E-state index contributed by atoms with van der Waals surface area (Å²) in [6, 6.07) is 7.85. The third-order valence-electron chi connectivity index (χ3n) is 3.77. The summed E-state index contributed by atoms with van der Waals surface area (Å²) in [5, 5.41) is 0. The first-order valence-electron chi connectivity index (χ1n) is 7.70. The SMILES string of the molecule is CCOC(=O)c1nc2n(c1C(=O)OCC)CCc1ccccc1-2. The van der Waals surface area contributed by atoms with E-state index in [1.807, 2.05) is 24.3 Å². The number of carbonyl (C=O) groups excluding carboxylic acids is 2. The molecule has 2 aromatic rings. The molecule has 0 saturated carbocycles. The minimum atomic E-state index is -0.602. The Balaban J connectivity index is 2.17. The Hall–Kier alpha value is -2.63. The number of ether oxygens (including phenoxy) is 2. The van der Waals surface area contributed by atoms with Gasteiger partial charge in [-0.15, -0.1) is 0 Å². The monoisotopic (exact) mass is 314 g/mol. The van der Waals surface area contributed by atoms with Crippen molar-refractivity contribution in [2.45, 2.75) is 26.8 Å². The molecule has 0 unspecified atom stereocenters. The van der Waals surface area contributed by atoms with Gasteiger partial charge in [-0.1, -0.05) is 24.3 Å². The van der Waals surface area contributed by atoms with E-state index in [0.717, 1.165) is 17.5 Å². The van der Waals surface area contributed by atoms with Gasteiger partial charge < -0.3 is 14.0 Å². The van der Waals surface area contributed by atoms with Crippen LogP contribution in [0.2, 0.25) is 0 Å². The maximum atomic E-state index is 12.3. The Labute approximate surface area is 134 Å². The van der Waals surface area contributed by atoms with E-state index in [1.165, 1.54) is 0 Å². The van der Waals surface area contributed by atoms with E-state index in [9.17, 15) is 9.59 Å². The highest BCUT2D eigenvalue weighted by Gasteiger charge is 2.31. The standard InChI is InChI=1S/C17H18N2O4/c1-3-22-16(20)13-14(17(21)23-4-2)19-10-9-11-7-5-6-8-12(11)15(19)18-13/h5-8H,3-4,9-10H2,1-2H3. The highest BCUT2D eigenvalue weighted by Crippen LogP contribution is 2.31. The molecule has 0 atom stereocenters. The van der Waals surface area contributed by atoms with Crippen molar-refractivity contribution in [1.82, 2.24) is 9.55 Å². The molecule has 0 fully saturated rings. The molecule has 1 aromatic carbocycles. The number of aryl methyl sites for hydroxylation is 1. The van der Waals surface area contributed by atoms with E-state index in [0.29, 0.717) is 12.4 Å². The maximum absolute atomic E-state index is 12.3. The second kappa shape index (κ2) is 6.24. The lowest BCUT2D eigenvalue weighted by molar-refractivity contribution is 0.0467. The van der Waals surface area contributed by atoms with E-state index >= 15 is 0 Å². The van der Waals surface area contributed by atoms with Gasteiger partial charge in [-0.3, -0.25) is 0 Å². The Morgan fingerprint density at radius 3 is 2.57 bits per heavy atom. The molecule has 0 saturated heterocycles. The number of carbonyl (C=O) groups is 2. The molecule has 1 aromatic heterocycles. The van der Waals surface area contributed by atoms with Gasteiger partial charge in [0.05, 0.1) is 13.2 Å². The molecule has 0 spiro atoms. The van der Waals surface area contributed by atoms with E-state index in [-0.39, 0.29) is 24.6 Å². The number of fused-ring (bicyclic) bond motifs is 3. The zero-order valence-corrected chi connectivity index (χ0v) is 13.2. The third kappa shape index (κ3) is 2.60. The number of hydrogen-bond acceptors (Lipinski definition) is 5. The fraction of sp³-hybridized carbons (Fsp3) is 0.353. The molecule has 1 aliphatic rings. The van der Waals surface area contributed by atoms with E-state index in [1.54, 1.807) is 18.4 Å². The van der Waals surface area contributed by atoms with Crippen molar-refractivity contribution < 1.29 is 19.1 Å². The summed E-state index contributed by atoms with van der Waals surface area (Å²) in [5.41, 5.74) is 2.28. The summed E-state index contributed by atoms with van der Waals surface area (Å²) >= 11 is 0. The number of esters is 2. The first kappa shape index (κ1) is 15.3. The van der Waals surface area contributed by atoms with Crippen LogP contribution in [0, 0.1) is 0 Å². The van der Waals surface area contributed by atoms with Gasteiger partial charge in [-0.25, -0.2) is 14.6 Å². The molecule has 0 bridgehead atoms. The first-order chi connectivity index (χ1) is 11.2. The summed E-state index contributed by atoms with van der Waals surface area (Å²) in [6.45, 7) is 4.48. The molecule has 0 radical (unpaired) electrons. The predicted molar refractivity (Wildman–Crippen MR) is 83.3 cm³/mol. The zero-order valence-electron chi connectivity index (χ0n) is 13.2. The van der Waals surface area contributed by atoms with Crippen LogP contribution in [0.15, 0.2) is 24.3 Å². The lowest BCUT2D eigenvalue weighted by Crippen LogP contribution is -2.20. The summed E-state index contributed by atoms with van der Waals surface area (Å²) in [6.07, 6.45) is 0.772. The van der Waals surface area contributed by atoms with Crippen molar-refractivity contribution >= 4 is 11.9 Å². The van der Waals surface area contributed by atoms with Gasteiger partial charge in [0.2, 0.25) is 0 Å². The van der Waals surface area contributed by atoms with Crippen LogP contribution in [0.4, 0.5) is 0 Å². The van der Waals surface area contributed by atoms with Crippen LogP contribution in [0.3, 0.4) is 0 Å². The molecule has 1 aliphatic heterocycles. The van der Waals surface area contributed by atoms with Gasteiger partial charge in [0.1, 0.15) is 5.82 Å². The maximum Gasteiger partial charge on any atom is 0.359 e. The third-order valence-corrected chi connectivity index (χ3v) is 3.77. The highest BCUT2D eigenvalue weighted by atomic mass is 16.5. The van der Waals surface area contributed by atoms with E-state index < -0.39 is 11.9 Å². The Morgan fingerprint density at radius 1 is 1.13 bits per heavy atom. The van der Waals surface area contributed by atoms with Crippen molar-refractivity contribution in [2.75, 3.05) is 13.2 Å². The Bertz CT molecular complexity index is 764. The number of rotatable bonds is 4. The normalized spacial score (nSPS) is 12.3. The largest absolute Gasteiger partial charge is 0.461 e.